The van der Waals surface area contributed by atoms with Crippen molar-refractivity contribution in [2.75, 3.05) is 12.3 Å². The molecule has 1 saturated carbocycles. The quantitative estimate of drug-likeness (QED) is 0.856. The summed E-state index contributed by atoms with van der Waals surface area (Å²) in [6, 6.07) is 9.52. The van der Waals surface area contributed by atoms with E-state index in [-0.39, 0.29) is 0 Å². The van der Waals surface area contributed by atoms with Gasteiger partial charge < -0.3 is 5.32 Å². The maximum Gasteiger partial charge on any atom is 0.0331 e. The fourth-order valence-corrected chi connectivity index (χ4v) is 3.45. The second-order valence-corrected chi connectivity index (χ2v) is 6.07. The molecule has 0 radical (unpaired) electrons. The predicted molar refractivity (Wildman–Crippen MR) is 69.9 cm³/mol. The third-order valence-electron chi connectivity index (χ3n) is 3.54. The summed E-state index contributed by atoms with van der Waals surface area (Å²) >= 11 is 2.02. The van der Waals surface area contributed by atoms with Crippen LogP contribution in [0.2, 0.25) is 0 Å². The number of fused-ring (bicyclic) bond motifs is 1. The van der Waals surface area contributed by atoms with E-state index < -0.39 is 0 Å². The molecule has 16 heavy (non-hydrogen) atoms. The molecule has 0 bridgehead atoms. The van der Waals surface area contributed by atoms with E-state index in [0.717, 1.165) is 5.92 Å². The van der Waals surface area contributed by atoms with Gasteiger partial charge in [0.25, 0.3) is 0 Å². The average Bonchev–Trinajstić information content (AvgIpc) is 3.13. The molecule has 1 unspecified atom stereocenters. The number of thioether (sulfide) groups is 1. The average molecular weight is 233 g/mol. The van der Waals surface area contributed by atoms with Crippen LogP contribution in [-0.4, -0.2) is 12.3 Å². The highest BCUT2D eigenvalue weighted by Gasteiger charge is 2.24. The monoisotopic (exact) mass is 233 g/mol. The Hall–Kier alpha value is -0.470. The van der Waals surface area contributed by atoms with Gasteiger partial charge in [-0.2, -0.15) is 0 Å². The zero-order chi connectivity index (χ0) is 10.8. The molecule has 3 rings (SSSR count). The molecule has 1 aliphatic carbocycles. The first kappa shape index (κ1) is 10.7. The van der Waals surface area contributed by atoms with Crippen LogP contribution in [0.1, 0.15) is 37.3 Å². The summed E-state index contributed by atoms with van der Waals surface area (Å²) in [4.78, 5) is 1.49. The van der Waals surface area contributed by atoms with Gasteiger partial charge in [-0.3, -0.25) is 0 Å². The fourth-order valence-electron chi connectivity index (χ4n) is 2.37. The van der Waals surface area contributed by atoms with Crippen molar-refractivity contribution in [1.82, 2.24) is 5.32 Å². The molecule has 1 nitrogen and oxygen atoms in total. The van der Waals surface area contributed by atoms with Crippen LogP contribution in [0.5, 0.6) is 0 Å². The number of benzene rings is 1. The lowest BCUT2D eigenvalue weighted by Crippen LogP contribution is -2.23. The minimum atomic E-state index is 0.604. The van der Waals surface area contributed by atoms with Crippen molar-refractivity contribution >= 4 is 11.8 Å². The Kier molecular flexibility index (Phi) is 3.20. The van der Waals surface area contributed by atoms with Crippen LogP contribution < -0.4 is 5.32 Å². The SMILES string of the molecule is c1ccc2c(c1)SCCCC2NCC1CC1. The molecule has 1 fully saturated rings. The summed E-state index contributed by atoms with van der Waals surface area (Å²) in [6.45, 7) is 1.23. The van der Waals surface area contributed by atoms with E-state index in [9.17, 15) is 0 Å². The Morgan fingerprint density at radius 1 is 1.19 bits per heavy atom. The molecule has 0 aromatic heterocycles. The van der Waals surface area contributed by atoms with Crippen LogP contribution in [0.4, 0.5) is 0 Å². The van der Waals surface area contributed by atoms with Gasteiger partial charge in [-0.15, -0.1) is 11.8 Å². The first-order chi connectivity index (χ1) is 7.93. The van der Waals surface area contributed by atoms with Crippen LogP contribution >= 0.6 is 11.8 Å². The Morgan fingerprint density at radius 3 is 2.94 bits per heavy atom. The molecule has 2 heteroatoms. The van der Waals surface area contributed by atoms with Gasteiger partial charge in [0.1, 0.15) is 0 Å². The van der Waals surface area contributed by atoms with Gasteiger partial charge in [0.15, 0.2) is 0 Å². The molecule has 1 aromatic carbocycles. The molecule has 86 valence electrons. The first-order valence-corrected chi connectivity index (χ1v) is 7.37. The minimum absolute atomic E-state index is 0.604. The van der Waals surface area contributed by atoms with Gasteiger partial charge in [0, 0.05) is 10.9 Å². The topological polar surface area (TPSA) is 12.0 Å². The zero-order valence-electron chi connectivity index (χ0n) is 9.61. The molecule has 0 amide bonds. The van der Waals surface area contributed by atoms with Crippen molar-refractivity contribution in [2.45, 2.75) is 36.6 Å². The van der Waals surface area contributed by atoms with E-state index in [1.807, 2.05) is 11.8 Å². The third-order valence-corrected chi connectivity index (χ3v) is 4.71. The van der Waals surface area contributed by atoms with Crippen LogP contribution in [0.3, 0.4) is 0 Å². The van der Waals surface area contributed by atoms with Crippen molar-refractivity contribution in [2.24, 2.45) is 5.92 Å². The Labute approximate surface area is 102 Å². The van der Waals surface area contributed by atoms with E-state index in [1.165, 1.54) is 48.4 Å². The maximum atomic E-state index is 3.77. The molecule has 0 spiro atoms. The van der Waals surface area contributed by atoms with Crippen LogP contribution in [0.15, 0.2) is 29.2 Å². The summed E-state index contributed by atoms with van der Waals surface area (Å²) in [6.07, 6.45) is 5.52. The molecule has 1 aliphatic heterocycles. The second-order valence-electron chi connectivity index (χ2n) is 4.93. The van der Waals surface area contributed by atoms with Crippen molar-refractivity contribution in [3.63, 3.8) is 0 Å². The lowest BCUT2D eigenvalue weighted by atomic mass is 10.0. The summed E-state index contributed by atoms with van der Waals surface area (Å²) in [5, 5.41) is 3.77. The molecule has 1 heterocycles. The number of hydrogen-bond donors (Lipinski definition) is 1. The normalized spacial score (nSPS) is 24.9. The molecule has 1 atom stereocenters. The van der Waals surface area contributed by atoms with Crippen LogP contribution in [0.25, 0.3) is 0 Å². The van der Waals surface area contributed by atoms with Crippen LogP contribution in [-0.2, 0) is 0 Å². The smallest absolute Gasteiger partial charge is 0.0331 e. The van der Waals surface area contributed by atoms with Crippen LogP contribution in [0, 0.1) is 5.92 Å². The van der Waals surface area contributed by atoms with Gasteiger partial charge in [-0.1, -0.05) is 18.2 Å². The van der Waals surface area contributed by atoms with Gasteiger partial charge >= 0.3 is 0 Å². The largest absolute Gasteiger partial charge is 0.310 e. The standard InChI is InChI=1S/C14H19NS/c1-2-6-14-12(4-1)13(5-3-9-16-14)15-10-11-7-8-11/h1-2,4,6,11,13,15H,3,5,7-10H2. The van der Waals surface area contributed by atoms with Gasteiger partial charge in [0.05, 0.1) is 0 Å². The Balaban J connectivity index is 1.75. The predicted octanol–water partition coefficient (Wildman–Crippen LogP) is 3.61. The maximum absolute atomic E-state index is 3.77. The van der Waals surface area contributed by atoms with Crippen molar-refractivity contribution in [3.05, 3.63) is 29.8 Å². The molecular formula is C14H19NS. The third kappa shape index (κ3) is 2.44. The summed E-state index contributed by atoms with van der Waals surface area (Å²) in [5.41, 5.74) is 1.53. The highest BCUT2D eigenvalue weighted by atomic mass is 32.2. The highest BCUT2D eigenvalue weighted by molar-refractivity contribution is 7.99. The van der Waals surface area contributed by atoms with Gasteiger partial charge in [0.2, 0.25) is 0 Å². The van der Waals surface area contributed by atoms with Gasteiger partial charge in [-0.05, 0) is 55.5 Å². The summed E-state index contributed by atoms with van der Waals surface area (Å²) in [5.74, 6) is 2.25. The van der Waals surface area contributed by atoms with E-state index in [0.29, 0.717) is 6.04 Å². The highest BCUT2D eigenvalue weighted by Crippen LogP contribution is 2.35. The minimum Gasteiger partial charge on any atom is -0.310 e. The lowest BCUT2D eigenvalue weighted by molar-refractivity contribution is 0.480. The Morgan fingerprint density at radius 2 is 2.06 bits per heavy atom. The number of nitrogens with one attached hydrogen (secondary N) is 1. The van der Waals surface area contributed by atoms with E-state index in [1.54, 1.807) is 0 Å². The zero-order valence-corrected chi connectivity index (χ0v) is 10.4. The van der Waals surface area contributed by atoms with Crippen molar-refractivity contribution < 1.29 is 0 Å². The lowest BCUT2D eigenvalue weighted by Gasteiger charge is -2.18. The summed E-state index contributed by atoms with van der Waals surface area (Å²) < 4.78 is 0. The molecule has 1 N–H and O–H groups in total. The number of hydrogen-bond acceptors (Lipinski definition) is 2. The fraction of sp³-hybridized carbons (Fsp3) is 0.571. The molecular weight excluding hydrogens is 214 g/mol. The Bertz CT molecular complexity index is 360. The molecule has 1 aromatic rings. The van der Waals surface area contributed by atoms with E-state index >= 15 is 0 Å². The van der Waals surface area contributed by atoms with E-state index in [2.05, 4.69) is 29.6 Å². The molecule has 0 saturated heterocycles. The first-order valence-electron chi connectivity index (χ1n) is 6.38. The van der Waals surface area contributed by atoms with Crippen molar-refractivity contribution in [3.8, 4) is 0 Å². The van der Waals surface area contributed by atoms with Crippen molar-refractivity contribution in [1.29, 1.82) is 0 Å². The second kappa shape index (κ2) is 4.80. The molecule has 2 aliphatic rings. The van der Waals surface area contributed by atoms with Gasteiger partial charge in [-0.25, -0.2) is 0 Å². The number of rotatable bonds is 3. The summed E-state index contributed by atoms with van der Waals surface area (Å²) in [7, 11) is 0. The van der Waals surface area contributed by atoms with E-state index in [4.69, 9.17) is 0 Å².